The summed E-state index contributed by atoms with van der Waals surface area (Å²) >= 11 is 5.61. The van der Waals surface area contributed by atoms with Crippen LogP contribution in [0.25, 0.3) is 0 Å². The molecule has 0 unspecified atom stereocenters. The van der Waals surface area contributed by atoms with Crippen molar-refractivity contribution in [2.75, 3.05) is 13.1 Å². The summed E-state index contributed by atoms with van der Waals surface area (Å²) in [6, 6.07) is 1.33. The van der Waals surface area contributed by atoms with E-state index in [0.29, 0.717) is 0 Å². The molecule has 1 aromatic rings. The van der Waals surface area contributed by atoms with Crippen LogP contribution in [0.4, 0.5) is 0 Å². The van der Waals surface area contributed by atoms with Crippen molar-refractivity contribution in [1.29, 1.82) is 0 Å². The van der Waals surface area contributed by atoms with E-state index in [-0.39, 0.29) is 35.4 Å². The van der Waals surface area contributed by atoms with Crippen LogP contribution in [0.1, 0.15) is 0 Å². The third kappa shape index (κ3) is 4.31. The third-order valence-electron chi connectivity index (χ3n) is 1.43. The molecule has 86 valence electrons. The Bertz CT molecular complexity index is 410. The fourth-order valence-electron chi connectivity index (χ4n) is 0.816. The van der Waals surface area contributed by atoms with Crippen LogP contribution in [-0.4, -0.2) is 26.5 Å². The highest BCUT2D eigenvalue weighted by atomic mass is 35.5. The Kier molecular flexibility index (Phi) is 6.07. The number of hydrogen-bond donors (Lipinski definition) is 2. The van der Waals surface area contributed by atoms with Crippen LogP contribution in [0, 0.1) is 0 Å². The van der Waals surface area contributed by atoms with Gasteiger partial charge in [-0.1, -0.05) is 11.6 Å². The lowest BCUT2D eigenvalue weighted by Crippen LogP contribution is -2.29. The van der Waals surface area contributed by atoms with Crippen molar-refractivity contribution in [2.45, 2.75) is 4.90 Å². The predicted molar refractivity (Wildman–Crippen MR) is 60.7 cm³/mol. The molecule has 0 aliphatic heterocycles. The topological polar surface area (TPSA) is 85.1 Å². The van der Waals surface area contributed by atoms with Crippen molar-refractivity contribution >= 4 is 34.0 Å². The molecule has 1 heterocycles. The first-order chi connectivity index (χ1) is 6.56. The smallest absolute Gasteiger partial charge is 0.242 e. The minimum atomic E-state index is -3.52. The number of pyridine rings is 1. The summed E-state index contributed by atoms with van der Waals surface area (Å²) in [5.41, 5.74) is 5.18. The second kappa shape index (κ2) is 6.24. The van der Waals surface area contributed by atoms with Gasteiger partial charge in [0, 0.05) is 25.5 Å². The Morgan fingerprint density at radius 3 is 2.67 bits per heavy atom. The maximum Gasteiger partial charge on any atom is 0.242 e. The first kappa shape index (κ1) is 14.6. The molecule has 0 aliphatic carbocycles. The van der Waals surface area contributed by atoms with Gasteiger partial charge in [-0.25, -0.2) is 13.1 Å². The van der Waals surface area contributed by atoms with Gasteiger partial charge in [0.2, 0.25) is 10.0 Å². The van der Waals surface area contributed by atoms with Crippen molar-refractivity contribution in [2.24, 2.45) is 5.73 Å². The Labute approximate surface area is 99.5 Å². The molecule has 0 aliphatic rings. The molecule has 5 nitrogen and oxygen atoms in total. The van der Waals surface area contributed by atoms with Crippen molar-refractivity contribution < 1.29 is 8.42 Å². The Hall–Kier alpha value is -0.400. The summed E-state index contributed by atoms with van der Waals surface area (Å²) in [4.78, 5) is 3.72. The number of nitrogens with one attached hydrogen (secondary N) is 1. The first-order valence-corrected chi connectivity index (χ1v) is 5.72. The van der Waals surface area contributed by atoms with Crippen LogP contribution in [0.2, 0.25) is 5.02 Å². The van der Waals surface area contributed by atoms with Crippen molar-refractivity contribution in [1.82, 2.24) is 9.71 Å². The lowest BCUT2D eigenvalue weighted by molar-refractivity contribution is 0.582. The molecule has 8 heteroatoms. The van der Waals surface area contributed by atoms with Gasteiger partial charge in [-0.05, 0) is 6.07 Å². The van der Waals surface area contributed by atoms with Crippen molar-refractivity contribution in [3.8, 4) is 0 Å². The quantitative estimate of drug-likeness (QED) is 0.830. The fraction of sp³-hybridized carbons (Fsp3) is 0.286. The molecule has 0 saturated heterocycles. The van der Waals surface area contributed by atoms with Crippen LogP contribution in [0.3, 0.4) is 0 Å². The van der Waals surface area contributed by atoms with E-state index in [1.807, 2.05) is 0 Å². The lowest BCUT2D eigenvalue weighted by atomic mass is 10.5. The van der Waals surface area contributed by atoms with Gasteiger partial charge in [0.25, 0.3) is 0 Å². The van der Waals surface area contributed by atoms with Crippen LogP contribution in [0.15, 0.2) is 23.4 Å². The van der Waals surface area contributed by atoms with Crippen LogP contribution < -0.4 is 10.5 Å². The largest absolute Gasteiger partial charge is 0.329 e. The number of rotatable bonds is 4. The number of aromatic nitrogens is 1. The molecule has 3 N–H and O–H groups in total. The Morgan fingerprint density at radius 1 is 1.47 bits per heavy atom. The van der Waals surface area contributed by atoms with Gasteiger partial charge in [0.05, 0.1) is 5.02 Å². The third-order valence-corrected chi connectivity index (χ3v) is 3.06. The van der Waals surface area contributed by atoms with Gasteiger partial charge >= 0.3 is 0 Å². The van der Waals surface area contributed by atoms with E-state index in [1.54, 1.807) is 0 Å². The second-order valence-corrected chi connectivity index (χ2v) is 4.73. The first-order valence-electron chi connectivity index (χ1n) is 3.86. The van der Waals surface area contributed by atoms with E-state index in [9.17, 15) is 8.42 Å². The fourth-order valence-corrected chi connectivity index (χ4v) is 2.09. The average molecular weight is 272 g/mol. The number of halogens is 2. The van der Waals surface area contributed by atoms with Crippen LogP contribution in [-0.2, 0) is 10.0 Å². The molecule has 0 aromatic carbocycles. The van der Waals surface area contributed by atoms with Gasteiger partial charge in [0.1, 0.15) is 4.90 Å². The van der Waals surface area contributed by atoms with Crippen molar-refractivity contribution in [3.05, 3.63) is 23.5 Å². The van der Waals surface area contributed by atoms with Gasteiger partial charge in [-0.3, -0.25) is 4.98 Å². The van der Waals surface area contributed by atoms with Crippen LogP contribution >= 0.6 is 24.0 Å². The van der Waals surface area contributed by atoms with E-state index in [0.717, 1.165) is 0 Å². The second-order valence-electron chi connectivity index (χ2n) is 2.53. The summed E-state index contributed by atoms with van der Waals surface area (Å²) in [5.74, 6) is 0. The highest BCUT2D eigenvalue weighted by Crippen LogP contribution is 2.12. The van der Waals surface area contributed by atoms with Gasteiger partial charge in [-0.15, -0.1) is 12.4 Å². The summed E-state index contributed by atoms with van der Waals surface area (Å²) in [5, 5.41) is 0.278. The van der Waals surface area contributed by atoms with Crippen LogP contribution in [0.5, 0.6) is 0 Å². The molecule has 1 aromatic heterocycles. The number of nitrogens with zero attached hydrogens (tertiary/aromatic N) is 1. The van der Waals surface area contributed by atoms with E-state index in [2.05, 4.69) is 9.71 Å². The summed E-state index contributed by atoms with van der Waals surface area (Å²) < 4.78 is 25.3. The number of sulfonamides is 1. The van der Waals surface area contributed by atoms with E-state index >= 15 is 0 Å². The molecule has 0 fully saturated rings. The zero-order valence-electron chi connectivity index (χ0n) is 7.68. The standard InChI is InChI=1S/C7H10ClN3O2S.ClH/c8-6-3-7(5-10-4-6)14(12,13)11-2-1-9;/h3-5,11H,1-2,9H2;1H. The predicted octanol–water partition coefficient (Wildman–Crippen LogP) is 0.394. The van der Waals surface area contributed by atoms with E-state index < -0.39 is 10.0 Å². The zero-order valence-corrected chi connectivity index (χ0v) is 10.1. The molecule has 0 atom stereocenters. The summed E-state index contributed by atoms with van der Waals surface area (Å²) in [6.07, 6.45) is 2.59. The molecule has 0 radical (unpaired) electrons. The molecular weight excluding hydrogens is 261 g/mol. The Balaban J connectivity index is 0.00000196. The van der Waals surface area contributed by atoms with Gasteiger partial charge in [0.15, 0.2) is 0 Å². The highest BCUT2D eigenvalue weighted by molar-refractivity contribution is 7.89. The SMILES string of the molecule is Cl.NCCNS(=O)(=O)c1cncc(Cl)c1. The minimum absolute atomic E-state index is 0. The van der Waals surface area contributed by atoms with E-state index in [1.165, 1.54) is 18.5 Å². The maximum atomic E-state index is 11.5. The molecule has 0 bridgehead atoms. The summed E-state index contributed by atoms with van der Waals surface area (Å²) in [7, 11) is -3.52. The minimum Gasteiger partial charge on any atom is -0.329 e. The zero-order chi connectivity index (χ0) is 10.6. The number of hydrogen-bond acceptors (Lipinski definition) is 4. The van der Waals surface area contributed by atoms with Gasteiger partial charge < -0.3 is 5.73 Å². The monoisotopic (exact) mass is 271 g/mol. The molecule has 0 spiro atoms. The average Bonchev–Trinajstić information content (AvgIpc) is 2.15. The molecule has 0 saturated carbocycles. The van der Waals surface area contributed by atoms with Gasteiger partial charge in [-0.2, -0.15) is 0 Å². The number of nitrogens with two attached hydrogens (primary N) is 1. The molecule has 1 rings (SSSR count). The normalized spacial score (nSPS) is 10.8. The van der Waals surface area contributed by atoms with Crippen molar-refractivity contribution in [3.63, 3.8) is 0 Å². The maximum absolute atomic E-state index is 11.5. The molecular formula is C7H11Cl2N3O2S. The molecule has 15 heavy (non-hydrogen) atoms. The summed E-state index contributed by atoms with van der Waals surface area (Å²) in [6.45, 7) is 0.433. The highest BCUT2D eigenvalue weighted by Gasteiger charge is 2.13. The lowest BCUT2D eigenvalue weighted by Gasteiger charge is -2.04. The molecule has 0 amide bonds. The van der Waals surface area contributed by atoms with E-state index in [4.69, 9.17) is 17.3 Å². The Morgan fingerprint density at radius 2 is 2.13 bits per heavy atom.